The van der Waals surface area contributed by atoms with Crippen molar-refractivity contribution in [1.82, 2.24) is 9.78 Å². The lowest BCUT2D eigenvalue weighted by atomic mass is 9.79. The minimum atomic E-state index is -0.893. The number of aromatic nitrogens is 2. The molecule has 1 aromatic heterocycles. The van der Waals surface area contributed by atoms with Crippen molar-refractivity contribution >= 4 is 28.5 Å². The van der Waals surface area contributed by atoms with Crippen LogP contribution in [-0.4, -0.2) is 21.9 Å². The zero-order valence-corrected chi connectivity index (χ0v) is 17.0. The summed E-state index contributed by atoms with van der Waals surface area (Å²) in [6.07, 6.45) is 0.553. The maximum absolute atomic E-state index is 12.7. The Kier molecular flexibility index (Phi) is 6.30. The summed E-state index contributed by atoms with van der Waals surface area (Å²) in [5.74, 6) is -0.293. The predicted molar refractivity (Wildman–Crippen MR) is 108 cm³/mol. The quantitative estimate of drug-likeness (QED) is 0.619. The highest BCUT2D eigenvalue weighted by atomic mass is 79.9. The minimum Gasteiger partial charge on any atom is -0.423 e. The standard InChI is InChI=1S/C12H10BrN3.C8H8BFO2/c1-16-11(7-10(8-14)15-16)6-9-4-2-3-5-12(9)13;1-5-7-4-6(10)2-3-8(7)9(11)12-5/h2-5,7H,6H2,1H3;2-5,11H,1H3/t;5-/m.1/s1. The van der Waals surface area contributed by atoms with Gasteiger partial charge in [0, 0.05) is 23.6 Å². The SMILES string of the molecule is C[C@H]1OB(O)c2ccc(F)cc21.Cn1nc(C#N)cc1Cc1ccccc1Br. The Hall–Kier alpha value is -2.47. The molecule has 0 bridgehead atoms. The van der Waals surface area contributed by atoms with E-state index in [9.17, 15) is 9.41 Å². The first-order valence-corrected chi connectivity index (χ1v) is 9.47. The number of halogens is 2. The molecule has 2 heterocycles. The van der Waals surface area contributed by atoms with Gasteiger partial charge in [-0.3, -0.25) is 4.68 Å². The van der Waals surface area contributed by atoms with Crippen molar-refractivity contribution in [3.8, 4) is 6.07 Å². The van der Waals surface area contributed by atoms with Gasteiger partial charge in [-0.25, -0.2) is 4.39 Å². The molecule has 0 aliphatic carbocycles. The van der Waals surface area contributed by atoms with Gasteiger partial charge in [-0.15, -0.1) is 0 Å². The smallest absolute Gasteiger partial charge is 0.423 e. The highest BCUT2D eigenvalue weighted by Crippen LogP contribution is 2.23. The molecule has 1 aliphatic heterocycles. The maximum Gasteiger partial charge on any atom is 0.491 e. The Morgan fingerprint density at radius 2 is 2.07 bits per heavy atom. The number of aryl methyl sites for hydroxylation is 1. The minimum absolute atomic E-state index is 0.217. The highest BCUT2D eigenvalue weighted by Gasteiger charge is 2.32. The van der Waals surface area contributed by atoms with E-state index < -0.39 is 7.12 Å². The van der Waals surface area contributed by atoms with Gasteiger partial charge in [0.15, 0.2) is 5.69 Å². The molecule has 1 aliphatic rings. The summed E-state index contributed by atoms with van der Waals surface area (Å²) in [5.41, 5.74) is 4.09. The van der Waals surface area contributed by atoms with Crippen LogP contribution >= 0.6 is 15.9 Å². The fourth-order valence-electron chi connectivity index (χ4n) is 3.03. The van der Waals surface area contributed by atoms with Crippen molar-refractivity contribution in [2.24, 2.45) is 7.05 Å². The fourth-order valence-corrected chi connectivity index (χ4v) is 3.45. The molecule has 5 nitrogen and oxygen atoms in total. The maximum atomic E-state index is 12.7. The molecular formula is C20H18BBrFN3O2. The van der Waals surface area contributed by atoms with Crippen LogP contribution in [0.5, 0.6) is 0 Å². The number of hydrogen-bond acceptors (Lipinski definition) is 4. The van der Waals surface area contributed by atoms with Crippen LogP contribution in [0.4, 0.5) is 4.39 Å². The fraction of sp³-hybridized carbons (Fsp3) is 0.200. The van der Waals surface area contributed by atoms with Gasteiger partial charge in [0.25, 0.3) is 0 Å². The third-order valence-corrected chi connectivity index (χ3v) is 5.28. The zero-order valence-electron chi connectivity index (χ0n) is 15.4. The third kappa shape index (κ3) is 4.50. The van der Waals surface area contributed by atoms with Crippen LogP contribution in [0.2, 0.25) is 0 Å². The van der Waals surface area contributed by atoms with E-state index in [1.54, 1.807) is 17.7 Å². The molecule has 1 atom stereocenters. The molecule has 0 unspecified atom stereocenters. The lowest BCUT2D eigenvalue weighted by Gasteiger charge is -2.04. The Morgan fingerprint density at radius 1 is 1.32 bits per heavy atom. The van der Waals surface area contributed by atoms with Gasteiger partial charge in [-0.1, -0.05) is 40.2 Å². The molecule has 3 aromatic rings. The number of nitriles is 1. The molecule has 1 N–H and O–H groups in total. The lowest BCUT2D eigenvalue weighted by molar-refractivity contribution is 0.208. The monoisotopic (exact) mass is 441 g/mol. The van der Waals surface area contributed by atoms with E-state index in [1.165, 1.54) is 17.7 Å². The van der Waals surface area contributed by atoms with Crippen molar-refractivity contribution in [2.45, 2.75) is 19.4 Å². The summed E-state index contributed by atoms with van der Waals surface area (Å²) in [4.78, 5) is 0. The van der Waals surface area contributed by atoms with Gasteiger partial charge in [0.1, 0.15) is 11.9 Å². The van der Waals surface area contributed by atoms with E-state index in [1.807, 2.05) is 37.4 Å². The Labute approximate surface area is 171 Å². The molecule has 0 radical (unpaired) electrons. The van der Waals surface area contributed by atoms with Crippen molar-refractivity contribution in [3.05, 3.63) is 81.3 Å². The molecule has 0 saturated heterocycles. The number of nitrogens with zero attached hydrogens (tertiary/aromatic N) is 3. The molecule has 0 spiro atoms. The highest BCUT2D eigenvalue weighted by molar-refractivity contribution is 9.10. The topological polar surface area (TPSA) is 71.1 Å². The molecule has 8 heteroatoms. The molecule has 0 amide bonds. The number of benzene rings is 2. The van der Waals surface area contributed by atoms with Crippen molar-refractivity contribution in [2.75, 3.05) is 0 Å². The first-order chi connectivity index (χ1) is 13.4. The molecule has 28 heavy (non-hydrogen) atoms. The van der Waals surface area contributed by atoms with E-state index in [4.69, 9.17) is 9.92 Å². The average molecular weight is 442 g/mol. The number of fused-ring (bicyclic) bond motifs is 1. The van der Waals surface area contributed by atoms with Crippen LogP contribution in [0, 0.1) is 17.1 Å². The van der Waals surface area contributed by atoms with Crippen LogP contribution in [0.25, 0.3) is 0 Å². The van der Waals surface area contributed by atoms with E-state index in [-0.39, 0.29) is 11.9 Å². The van der Waals surface area contributed by atoms with E-state index >= 15 is 0 Å². The summed E-state index contributed by atoms with van der Waals surface area (Å²) >= 11 is 3.51. The molecule has 2 aromatic carbocycles. The first-order valence-electron chi connectivity index (χ1n) is 8.68. The molecule has 0 saturated carbocycles. The Morgan fingerprint density at radius 3 is 2.75 bits per heavy atom. The van der Waals surface area contributed by atoms with Gasteiger partial charge < -0.3 is 9.68 Å². The summed E-state index contributed by atoms with van der Waals surface area (Å²) in [6, 6.07) is 16.2. The van der Waals surface area contributed by atoms with Gasteiger partial charge in [-0.2, -0.15) is 10.4 Å². The lowest BCUT2D eigenvalue weighted by Crippen LogP contribution is -2.27. The van der Waals surface area contributed by atoms with E-state index in [0.29, 0.717) is 11.2 Å². The van der Waals surface area contributed by atoms with Crippen LogP contribution in [0.15, 0.2) is 53.0 Å². The van der Waals surface area contributed by atoms with E-state index in [0.717, 1.165) is 22.2 Å². The second kappa shape index (κ2) is 8.69. The number of rotatable bonds is 2. The van der Waals surface area contributed by atoms with Crippen LogP contribution in [-0.2, 0) is 18.1 Å². The second-order valence-corrected chi connectivity index (χ2v) is 7.28. The Bertz CT molecular complexity index is 1030. The summed E-state index contributed by atoms with van der Waals surface area (Å²) in [5, 5.41) is 22.2. The summed E-state index contributed by atoms with van der Waals surface area (Å²) < 4.78 is 20.6. The van der Waals surface area contributed by atoms with Crippen LogP contribution < -0.4 is 5.46 Å². The predicted octanol–water partition coefficient (Wildman–Crippen LogP) is 3.25. The van der Waals surface area contributed by atoms with Crippen LogP contribution in [0.1, 0.15) is 35.5 Å². The van der Waals surface area contributed by atoms with Crippen LogP contribution in [0.3, 0.4) is 0 Å². The molecular weight excluding hydrogens is 424 g/mol. The molecule has 0 fully saturated rings. The normalized spacial score (nSPS) is 14.9. The largest absolute Gasteiger partial charge is 0.491 e. The average Bonchev–Trinajstić information content (AvgIpc) is 3.16. The van der Waals surface area contributed by atoms with Gasteiger partial charge >= 0.3 is 7.12 Å². The van der Waals surface area contributed by atoms with E-state index in [2.05, 4.69) is 27.1 Å². The number of hydrogen-bond donors (Lipinski definition) is 1. The van der Waals surface area contributed by atoms with Crippen molar-refractivity contribution < 1.29 is 14.1 Å². The second-order valence-electron chi connectivity index (χ2n) is 6.43. The van der Waals surface area contributed by atoms with Crippen molar-refractivity contribution in [1.29, 1.82) is 5.26 Å². The third-order valence-electron chi connectivity index (χ3n) is 4.51. The summed E-state index contributed by atoms with van der Waals surface area (Å²) in [6.45, 7) is 1.79. The first kappa shape index (κ1) is 20.3. The van der Waals surface area contributed by atoms with Crippen molar-refractivity contribution in [3.63, 3.8) is 0 Å². The summed E-state index contributed by atoms with van der Waals surface area (Å²) in [7, 11) is 0.961. The molecule has 142 valence electrons. The Balaban J connectivity index is 0.000000167. The zero-order chi connectivity index (χ0) is 20.3. The van der Waals surface area contributed by atoms with Gasteiger partial charge in [-0.05, 0) is 47.8 Å². The molecule has 4 rings (SSSR count). The van der Waals surface area contributed by atoms with Gasteiger partial charge in [0.2, 0.25) is 0 Å². The van der Waals surface area contributed by atoms with Gasteiger partial charge in [0.05, 0.1) is 6.10 Å².